The molecule has 6 rings (SSSR count). The number of rotatable bonds is 20. The summed E-state index contributed by atoms with van der Waals surface area (Å²) in [6.07, 6.45) is -0.240. The smallest absolute Gasteiger partial charge is 0.415 e. The molecule has 0 aliphatic carbocycles. The fourth-order valence-electron chi connectivity index (χ4n) is 8.32. The van der Waals surface area contributed by atoms with Crippen molar-refractivity contribution in [2.24, 2.45) is 0 Å². The third-order valence-corrected chi connectivity index (χ3v) is 12.1. The number of anilines is 2. The third-order valence-electron chi connectivity index (χ3n) is 11.8. The lowest BCUT2D eigenvalue weighted by molar-refractivity contribution is -0.194. The number of halogens is 1. The van der Waals surface area contributed by atoms with Crippen molar-refractivity contribution in [3.8, 4) is 11.5 Å². The van der Waals surface area contributed by atoms with Gasteiger partial charge in [0.05, 0.1) is 38.7 Å². The van der Waals surface area contributed by atoms with Crippen LogP contribution in [-0.2, 0) is 48.2 Å². The highest BCUT2D eigenvalue weighted by atomic mass is 35.5. The van der Waals surface area contributed by atoms with Gasteiger partial charge in [-0.3, -0.25) is 19.3 Å². The number of alkyl halides is 1. The molecule has 3 amide bonds. The Balaban J connectivity index is 1.00. The lowest BCUT2D eigenvalue weighted by atomic mass is 9.95. The fourth-order valence-corrected chi connectivity index (χ4v) is 8.57. The molecule has 3 aliphatic rings. The van der Waals surface area contributed by atoms with Gasteiger partial charge in [-0.05, 0) is 35.4 Å². The molecule has 3 aliphatic heterocycles. The van der Waals surface area contributed by atoms with E-state index in [1.165, 1.54) is 14.2 Å². The normalized spacial score (nSPS) is 18.2. The summed E-state index contributed by atoms with van der Waals surface area (Å²) in [7, 11) is 2.92. The predicted octanol–water partition coefficient (Wildman–Crippen LogP) is 3.24. The van der Waals surface area contributed by atoms with E-state index in [0.29, 0.717) is 99.1 Å². The third kappa shape index (κ3) is 10.7. The summed E-state index contributed by atoms with van der Waals surface area (Å²) in [5.41, 5.74) is 3.88. The Morgan fingerprint density at radius 2 is 1.71 bits per heavy atom. The summed E-state index contributed by atoms with van der Waals surface area (Å²) in [4.78, 5) is 58.2. The van der Waals surface area contributed by atoms with Crippen molar-refractivity contribution in [3.63, 3.8) is 0 Å². The molecule has 0 saturated carbocycles. The molecule has 0 aromatic heterocycles. The molecular weight excluding hydrogens is 826 g/mol. The van der Waals surface area contributed by atoms with Gasteiger partial charge in [-0.2, -0.15) is 0 Å². The first-order chi connectivity index (χ1) is 30.1. The quantitative estimate of drug-likeness (QED) is 0.0628. The van der Waals surface area contributed by atoms with Crippen LogP contribution in [0.2, 0.25) is 0 Å². The van der Waals surface area contributed by atoms with Gasteiger partial charge in [-0.15, -0.1) is 11.6 Å². The molecule has 0 radical (unpaired) electrons. The van der Waals surface area contributed by atoms with Crippen LogP contribution in [-0.4, -0.2) is 147 Å². The molecule has 62 heavy (non-hydrogen) atoms. The molecule has 3 aromatic carbocycles. The summed E-state index contributed by atoms with van der Waals surface area (Å²) >= 11 is 6.54. The van der Waals surface area contributed by atoms with E-state index in [-0.39, 0.29) is 62.9 Å². The van der Waals surface area contributed by atoms with Crippen molar-refractivity contribution in [1.82, 2.24) is 15.1 Å². The Morgan fingerprint density at radius 1 is 0.968 bits per heavy atom. The highest BCUT2D eigenvalue weighted by Gasteiger charge is 2.40. The number of aliphatic hydroxyl groups excluding tert-OH is 3. The summed E-state index contributed by atoms with van der Waals surface area (Å²) in [5, 5.41) is 37.3. The Labute approximate surface area is 366 Å². The van der Waals surface area contributed by atoms with Gasteiger partial charge in [-0.1, -0.05) is 31.2 Å². The van der Waals surface area contributed by atoms with Crippen LogP contribution in [0.25, 0.3) is 10.8 Å². The molecule has 3 aromatic rings. The number of ether oxygens (including phenoxy) is 5. The van der Waals surface area contributed by atoms with E-state index < -0.39 is 30.5 Å². The first-order valence-corrected chi connectivity index (χ1v) is 21.6. The fraction of sp³-hybridized carbons (Fsp3) is 0.545. The number of piperazine rings is 1. The van der Waals surface area contributed by atoms with Crippen LogP contribution in [0.3, 0.4) is 0 Å². The number of nitrogens with one attached hydrogen (secondary N) is 2. The van der Waals surface area contributed by atoms with Gasteiger partial charge in [-0.25, -0.2) is 4.79 Å². The molecule has 3 heterocycles. The molecule has 4 atom stereocenters. The SMILES string of the molecule is CCC(CO)OC(COC(=O)CCCC(=O)NCCN1CCN(C(=O)Oc2cc3c(c4ccccc24)[C@H](CCl)CN3C(=O)C2Cc3cc(OC)c(CO)c(CO)c3N2)CC1)OC. The number of methoxy groups -OCH3 is 2. The van der Waals surface area contributed by atoms with Crippen LogP contribution in [0.15, 0.2) is 36.4 Å². The minimum absolute atomic E-state index is 0.0639. The van der Waals surface area contributed by atoms with Gasteiger partial charge in [0.2, 0.25) is 11.8 Å². The largest absolute Gasteiger partial charge is 0.496 e. The molecular formula is C44H58ClN5O12. The van der Waals surface area contributed by atoms with E-state index in [1.807, 2.05) is 31.2 Å². The number of aliphatic hydroxyl groups is 3. The second kappa shape index (κ2) is 22.0. The van der Waals surface area contributed by atoms with Gasteiger partial charge in [0.1, 0.15) is 24.1 Å². The highest BCUT2D eigenvalue weighted by molar-refractivity contribution is 6.19. The molecule has 18 heteroatoms. The topological polar surface area (TPSA) is 209 Å². The number of carbonyl (C=O) groups is 4. The highest BCUT2D eigenvalue weighted by Crippen LogP contribution is 2.47. The van der Waals surface area contributed by atoms with Gasteiger partial charge >= 0.3 is 12.1 Å². The minimum atomic E-state index is -0.787. The zero-order valence-corrected chi connectivity index (χ0v) is 36.3. The van der Waals surface area contributed by atoms with E-state index in [0.717, 1.165) is 21.9 Å². The molecule has 338 valence electrons. The maximum Gasteiger partial charge on any atom is 0.415 e. The van der Waals surface area contributed by atoms with Crippen molar-refractivity contribution >= 4 is 57.6 Å². The van der Waals surface area contributed by atoms with Crippen molar-refractivity contribution in [1.29, 1.82) is 0 Å². The molecule has 1 saturated heterocycles. The number of fused-ring (bicyclic) bond motifs is 4. The van der Waals surface area contributed by atoms with Crippen molar-refractivity contribution in [2.45, 2.75) is 76.6 Å². The Kier molecular flexibility index (Phi) is 16.6. The average Bonchev–Trinajstić information content (AvgIpc) is 3.90. The predicted molar refractivity (Wildman–Crippen MR) is 231 cm³/mol. The van der Waals surface area contributed by atoms with Crippen LogP contribution in [0, 0.1) is 0 Å². The average molecular weight is 884 g/mol. The minimum Gasteiger partial charge on any atom is -0.496 e. The van der Waals surface area contributed by atoms with Gasteiger partial charge < -0.3 is 59.4 Å². The van der Waals surface area contributed by atoms with Crippen molar-refractivity contribution in [2.75, 3.05) is 89.3 Å². The van der Waals surface area contributed by atoms with Crippen LogP contribution in [0.4, 0.5) is 16.2 Å². The number of hydrogen-bond acceptors (Lipinski definition) is 14. The lowest BCUT2D eigenvalue weighted by Crippen LogP contribution is -2.51. The second-order valence-electron chi connectivity index (χ2n) is 15.5. The standard InChI is InChI=1S/C44H58ClN5O12/c1-4-29(23-51)61-40(59-3)26-60-39(55)11-7-10-38(54)46-12-13-48-14-16-49(17-15-48)44(57)62-37-20-35-41(31-9-6-5-8-30(31)37)28(21-45)22-50(35)43(56)34-18-27-19-36(58-2)32(24-52)33(25-53)42(27)47-34/h5-6,8-9,19-20,28-29,34,40,47,51-53H,4,7,10-18,21-26H2,1-3H3,(H,46,54)/t28-,29?,34?,40?/m1/s1. The molecule has 3 unspecified atom stereocenters. The number of carbonyl (C=O) groups excluding carboxylic acids is 4. The molecule has 17 nitrogen and oxygen atoms in total. The summed E-state index contributed by atoms with van der Waals surface area (Å²) in [6, 6.07) is 10.5. The number of esters is 1. The zero-order chi connectivity index (χ0) is 44.3. The van der Waals surface area contributed by atoms with Crippen molar-refractivity contribution in [3.05, 3.63) is 58.7 Å². The number of nitrogens with zero attached hydrogens (tertiary/aromatic N) is 3. The monoisotopic (exact) mass is 883 g/mol. The van der Waals surface area contributed by atoms with Crippen LogP contribution in [0.1, 0.15) is 60.8 Å². The number of hydrogen-bond donors (Lipinski definition) is 5. The first-order valence-electron chi connectivity index (χ1n) is 21.1. The summed E-state index contributed by atoms with van der Waals surface area (Å²) in [5.74, 6) is 0.0252. The van der Waals surface area contributed by atoms with Crippen molar-refractivity contribution < 1.29 is 58.2 Å². The summed E-state index contributed by atoms with van der Waals surface area (Å²) in [6.45, 7) is 4.21. The maximum atomic E-state index is 14.4. The van der Waals surface area contributed by atoms with E-state index in [9.17, 15) is 34.5 Å². The first kappa shape index (κ1) is 46.7. The molecule has 5 N–H and O–H groups in total. The number of benzene rings is 3. The Hall–Kier alpha value is -4.75. The summed E-state index contributed by atoms with van der Waals surface area (Å²) < 4.78 is 27.5. The molecule has 1 fully saturated rings. The van der Waals surface area contributed by atoms with Gasteiger partial charge in [0.15, 0.2) is 6.29 Å². The van der Waals surface area contributed by atoms with Gasteiger partial charge in [0, 0.05) is 112 Å². The second-order valence-corrected chi connectivity index (χ2v) is 15.8. The van der Waals surface area contributed by atoms with E-state index in [2.05, 4.69) is 15.5 Å². The van der Waals surface area contributed by atoms with Crippen LogP contribution in [0.5, 0.6) is 11.5 Å². The zero-order valence-electron chi connectivity index (χ0n) is 35.5. The Bertz CT molecular complexity index is 2060. The van der Waals surface area contributed by atoms with Gasteiger partial charge in [0.25, 0.3) is 0 Å². The van der Waals surface area contributed by atoms with E-state index >= 15 is 0 Å². The lowest BCUT2D eigenvalue weighted by Gasteiger charge is -2.34. The Morgan fingerprint density at radius 3 is 2.37 bits per heavy atom. The van der Waals surface area contributed by atoms with E-state index in [4.69, 9.17) is 35.3 Å². The van der Waals surface area contributed by atoms with E-state index in [1.54, 1.807) is 21.9 Å². The van der Waals surface area contributed by atoms with Crippen LogP contribution >= 0.6 is 11.6 Å². The molecule has 0 bridgehead atoms. The number of amides is 3. The maximum absolute atomic E-state index is 14.4. The molecule has 0 spiro atoms. The van der Waals surface area contributed by atoms with Crippen LogP contribution < -0.4 is 25.0 Å².